The van der Waals surface area contributed by atoms with Crippen molar-refractivity contribution in [3.63, 3.8) is 0 Å². The third-order valence-electron chi connectivity index (χ3n) is 1.75. The molecule has 0 radical (unpaired) electrons. The Labute approximate surface area is 86.7 Å². The Morgan fingerprint density at radius 3 is 2.71 bits per heavy atom. The highest BCUT2D eigenvalue weighted by Gasteiger charge is 2.12. The van der Waals surface area contributed by atoms with E-state index in [2.05, 4.69) is 10.3 Å². The first-order chi connectivity index (χ1) is 6.70. The first-order valence-corrected chi connectivity index (χ1v) is 4.35. The fourth-order valence-electron chi connectivity index (χ4n) is 1.10. The van der Waals surface area contributed by atoms with Gasteiger partial charge in [-0.05, 0) is 12.1 Å². The standard InChI is InChI=1S/C9H11ClFNO2/c1-13-9-6(5-12-14-2)8(11)4-3-7(9)10/h3-4,12H,5H2,1-2H3. The molecule has 0 aliphatic rings. The Hall–Kier alpha value is -0.840. The van der Waals surface area contributed by atoms with Crippen LogP contribution in [0.1, 0.15) is 5.56 Å². The van der Waals surface area contributed by atoms with Gasteiger partial charge in [-0.3, -0.25) is 0 Å². The molecule has 0 saturated carbocycles. The summed E-state index contributed by atoms with van der Waals surface area (Å²) in [5.41, 5.74) is 2.88. The Bertz CT molecular complexity index is 320. The van der Waals surface area contributed by atoms with Gasteiger partial charge in [0, 0.05) is 5.56 Å². The molecule has 1 aromatic carbocycles. The molecule has 0 unspecified atom stereocenters. The second-order valence-electron chi connectivity index (χ2n) is 2.57. The predicted molar refractivity (Wildman–Crippen MR) is 51.8 cm³/mol. The van der Waals surface area contributed by atoms with Crippen LogP contribution in [0.4, 0.5) is 4.39 Å². The van der Waals surface area contributed by atoms with E-state index in [1.165, 1.54) is 26.4 Å². The lowest BCUT2D eigenvalue weighted by Gasteiger charge is -2.11. The summed E-state index contributed by atoms with van der Waals surface area (Å²) in [5.74, 6) is -0.0491. The Balaban J connectivity index is 3.03. The number of hydrogen-bond acceptors (Lipinski definition) is 3. The molecule has 0 aliphatic carbocycles. The maximum absolute atomic E-state index is 13.3. The number of nitrogens with one attached hydrogen (secondary N) is 1. The van der Waals surface area contributed by atoms with Crippen LogP contribution in [0.3, 0.4) is 0 Å². The number of hydroxylamine groups is 1. The van der Waals surface area contributed by atoms with Crippen molar-refractivity contribution in [2.45, 2.75) is 6.54 Å². The summed E-state index contributed by atoms with van der Waals surface area (Å²) in [6.07, 6.45) is 0. The van der Waals surface area contributed by atoms with Crippen LogP contribution in [-0.2, 0) is 11.4 Å². The van der Waals surface area contributed by atoms with E-state index in [0.717, 1.165) is 0 Å². The van der Waals surface area contributed by atoms with E-state index in [0.29, 0.717) is 16.3 Å². The summed E-state index contributed by atoms with van der Waals surface area (Å²) >= 11 is 5.82. The van der Waals surface area contributed by atoms with Crippen molar-refractivity contribution >= 4 is 11.6 Å². The smallest absolute Gasteiger partial charge is 0.144 e. The van der Waals surface area contributed by atoms with Crippen LogP contribution in [0.25, 0.3) is 0 Å². The third kappa shape index (κ3) is 2.35. The monoisotopic (exact) mass is 219 g/mol. The lowest BCUT2D eigenvalue weighted by atomic mass is 10.2. The van der Waals surface area contributed by atoms with E-state index in [1.54, 1.807) is 0 Å². The molecule has 0 fully saturated rings. The normalized spacial score (nSPS) is 10.3. The van der Waals surface area contributed by atoms with Gasteiger partial charge in [0.25, 0.3) is 0 Å². The molecule has 0 aromatic heterocycles. The van der Waals surface area contributed by atoms with Crippen LogP contribution in [0.5, 0.6) is 5.75 Å². The van der Waals surface area contributed by atoms with Crippen LogP contribution in [-0.4, -0.2) is 14.2 Å². The summed E-state index contributed by atoms with van der Waals surface area (Å²) in [5, 5.41) is 0.377. The largest absolute Gasteiger partial charge is 0.495 e. The zero-order valence-electron chi connectivity index (χ0n) is 7.93. The second-order valence-corrected chi connectivity index (χ2v) is 2.97. The molecule has 0 heterocycles. The minimum absolute atomic E-state index is 0.200. The molecule has 0 atom stereocenters. The molecule has 0 amide bonds. The highest BCUT2D eigenvalue weighted by molar-refractivity contribution is 6.32. The average Bonchev–Trinajstić information content (AvgIpc) is 2.19. The van der Waals surface area contributed by atoms with Gasteiger partial charge in [0.2, 0.25) is 0 Å². The number of methoxy groups -OCH3 is 1. The average molecular weight is 220 g/mol. The van der Waals surface area contributed by atoms with E-state index >= 15 is 0 Å². The van der Waals surface area contributed by atoms with Gasteiger partial charge >= 0.3 is 0 Å². The first kappa shape index (κ1) is 11.2. The first-order valence-electron chi connectivity index (χ1n) is 3.97. The summed E-state index contributed by atoms with van der Waals surface area (Å²) < 4.78 is 18.3. The zero-order chi connectivity index (χ0) is 10.6. The van der Waals surface area contributed by atoms with Crippen LogP contribution in [0, 0.1) is 5.82 Å². The third-order valence-corrected chi connectivity index (χ3v) is 2.05. The van der Waals surface area contributed by atoms with Crippen molar-refractivity contribution in [3.8, 4) is 5.75 Å². The van der Waals surface area contributed by atoms with Crippen LogP contribution >= 0.6 is 11.6 Å². The summed E-state index contributed by atoms with van der Waals surface area (Å²) in [7, 11) is 2.89. The maximum Gasteiger partial charge on any atom is 0.144 e. The van der Waals surface area contributed by atoms with E-state index in [1.807, 2.05) is 0 Å². The van der Waals surface area contributed by atoms with E-state index < -0.39 is 0 Å². The molecule has 78 valence electrons. The Morgan fingerprint density at radius 1 is 1.43 bits per heavy atom. The van der Waals surface area contributed by atoms with Gasteiger partial charge < -0.3 is 9.57 Å². The fraction of sp³-hybridized carbons (Fsp3) is 0.333. The Morgan fingerprint density at radius 2 is 2.14 bits per heavy atom. The lowest BCUT2D eigenvalue weighted by molar-refractivity contribution is 0.0853. The predicted octanol–water partition coefficient (Wildman–Crippen LogP) is 2.14. The van der Waals surface area contributed by atoms with Crippen LogP contribution in [0.2, 0.25) is 5.02 Å². The topological polar surface area (TPSA) is 30.5 Å². The Kier molecular flexibility index (Phi) is 4.13. The number of ether oxygens (including phenoxy) is 1. The lowest BCUT2D eigenvalue weighted by Crippen LogP contribution is -2.13. The molecule has 5 heteroatoms. The van der Waals surface area contributed by atoms with Gasteiger partial charge in [0.1, 0.15) is 11.6 Å². The molecule has 14 heavy (non-hydrogen) atoms. The molecule has 1 N–H and O–H groups in total. The maximum atomic E-state index is 13.3. The fourth-order valence-corrected chi connectivity index (χ4v) is 1.36. The minimum Gasteiger partial charge on any atom is -0.495 e. The van der Waals surface area contributed by atoms with Gasteiger partial charge in [-0.25, -0.2) is 4.39 Å². The highest BCUT2D eigenvalue weighted by Crippen LogP contribution is 2.30. The quantitative estimate of drug-likeness (QED) is 0.787. The molecule has 1 aromatic rings. The molecule has 0 saturated heterocycles. The minimum atomic E-state index is -0.379. The SMILES string of the molecule is CONCc1c(F)ccc(Cl)c1OC. The van der Waals surface area contributed by atoms with Crippen molar-refractivity contribution in [2.75, 3.05) is 14.2 Å². The van der Waals surface area contributed by atoms with Crippen LogP contribution < -0.4 is 10.2 Å². The second kappa shape index (κ2) is 5.14. The van der Waals surface area contributed by atoms with Crippen molar-refractivity contribution in [2.24, 2.45) is 0 Å². The number of rotatable bonds is 4. The molecule has 1 rings (SSSR count). The van der Waals surface area contributed by atoms with E-state index in [9.17, 15) is 4.39 Å². The highest BCUT2D eigenvalue weighted by atomic mass is 35.5. The molecule has 0 aliphatic heterocycles. The van der Waals surface area contributed by atoms with E-state index in [4.69, 9.17) is 16.3 Å². The van der Waals surface area contributed by atoms with Crippen LogP contribution in [0.15, 0.2) is 12.1 Å². The number of hydrogen-bond donors (Lipinski definition) is 1. The van der Waals surface area contributed by atoms with Gasteiger partial charge in [0.05, 0.1) is 25.8 Å². The van der Waals surface area contributed by atoms with Crippen molar-refractivity contribution < 1.29 is 14.0 Å². The van der Waals surface area contributed by atoms with Crippen molar-refractivity contribution in [1.82, 2.24) is 5.48 Å². The van der Waals surface area contributed by atoms with Gasteiger partial charge in [-0.15, -0.1) is 0 Å². The zero-order valence-corrected chi connectivity index (χ0v) is 8.69. The van der Waals surface area contributed by atoms with Gasteiger partial charge in [0.15, 0.2) is 0 Å². The van der Waals surface area contributed by atoms with E-state index in [-0.39, 0.29) is 12.4 Å². The number of halogens is 2. The summed E-state index contributed by atoms with van der Waals surface area (Å²) in [4.78, 5) is 4.62. The molecule has 3 nitrogen and oxygen atoms in total. The van der Waals surface area contributed by atoms with Crippen molar-refractivity contribution in [3.05, 3.63) is 28.5 Å². The summed E-state index contributed by atoms with van der Waals surface area (Å²) in [6.45, 7) is 0.200. The molecule has 0 bridgehead atoms. The molecular weight excluding hydrogens is 209 g/mol. The molecule has 0 spiro atoms. The molecular formula is C9H11ClFNO2. The number of benzene rings is 1. The van der Waals surface area contributed by atoms with Gasteiger partial charge in [-0.1, -0.05) is 11.6 Å². The summed E-state index contributed by atoms with van der Waals surface area (Å²) in [6, 6.07) is 2.74. The van der Waals surface area contributed by atoms with Crippen molar-refractivity contribution in [1.29, 1.82) is 0 Å². The van der Waals surface area contributed by atoms with Gasteiger partial charge in [-0.2, -0.15) is 5.48 Å².